The fraction of sp³-hybridized carbons (Fsp3) is 0.333. The van der Waals surface area contributed by atoms with Crippen LogP contribution in [0.3, 0.4) is 0 Å². The van der Waals surface area contributed by atoms with Crippen LogP contribution in [0.15, 0.2) is 18.2 Å². The molecule has 0 bridgehead atoms. The van der Waals surface area contributed by atoms with Crippen molar-refractivity contribution in [2.75, 3.05) is 18.1 Å². The summed E-state index contributed by atoms with van der Waals surface area (Å²) in [4.78, 5) is 0. The average molecular weight is 253 g/mol. The van der Waals surface area contributed by atoms with Crippen molar-refractivity contribution >= 4 is 17.4 Å². The summed E-state index contributed by atoms with van der Waals surface area (Å²) in [5, 5.41) is 9.20. The van der Waals surface area contributed by atoms with E-state index in [1.54, 1.807) is 0 Å². The number of phenols is 1. The zero-order valence-electron chi connectivity index (χ0n) is 8.12. The Morgan fingerprint density at radius 3 is 2.69 bits per heavy atom. The molecular formula is C9H10F3NO2S. The van der Waals surface area contributed by atoms with Crippen LogP contribution in [0.1, 0.15) is 0 Å². The monoisotopic (exact) mass is 253 g/mol. The van der Waals surface area contributed by atoms with Crippen LogP contribution in [0, 0.1) is 0 Å². The first-order valence-electron chi connectivity index (χ1n) is 4.31. The molecule has 3 N–H and O–H groups in total. The van der Waals surface area contributed by atoms with Crippen LogP contribution in [-0.4, -0.2) is 23.0 Å². The molecule has 0 heterocycles. The van der Waals surface area contributed by atoms with Gasteiger partial charge in [-0.2, -0.15) is 13.2 Å². The number of nitrogen functional groups attached to an aromatic ring is 1. The molecule has 16 heavy (non-hydrogen) atoms. The maximum atomic E-state index is 11.8. The molecule has 1 aromatic rings. The van der Waals surface area contributed by atoms with Crippen LogP contribution in [0.25, 0.3) is 0 Å². The molecule has 0 fully saturated rings. The highest BCUT2D eigenvalue weighted by Crippen LogP contribution is 2.32. The summed E-state index contributed by atoms with van der Waals surface area (Å²) in [6.07, 6.45) is 0. The van der Waals surface area contributed by atoms with Gasteiger partial charge in [0, 0.05) is 5.75 Å². The Balaban J connectivity index is 2.41. The smallest absolute Gasteiger partial charge is 0.441 e. The van der Waals surface area contributed by atoms with Crippen LogP contribution in [0.4, 0.5) is 18.9 Å². The molecule has 3 nitrogen and oxygen atoms in total. The van der Waals surface area contributed by atoms with E-state index in [0.29, 0.717) is 0 Å². The fourth-order valence-corrected chi connectivity index (χ4v) is 1.37. The number of anilines is 1. The van der Waals surface area contributed by atoms with Crippen molar-refractivity contribution in [3.8, 4) is 11.5 Å². The van der Waals surface area contributed by atoms with Crippen molar-refractivity contribution < 1.29 is 23.0 Å². The zero-order valence-corrected chi connectivity index (χ0v) is 8.94. The number of ether oxygens (including phenoxy) is 1. The second kappa shape index (κ2) is 5.20. The van der Waals surface area contributed by atoms with Crippen molar-refractivity contribution in [3.05, 3.63) is 18.2 Å². The van der Waals surface area contributed by atoms with Gasteiger partial charge in [-0.15, -0.1) is 0 Å². The van der Waals surface area contributed by atoms with Gasteiger partial charge in [0.25, 0.3) is 0 Å². The molecule has 0 aliphatic carbocycles. The van der Waals surface area contributed by atoms with E-state index >= 15 is 0 Å². The Labute approximate surface area is 94.4 Å². The molecule has 0 saturated heterocycles. The molecule has 0 aliphatic heterocycles. The molecule has 0 spiro atoms. The summed E-state index contributed by atoms with van der Waals surface area (Å²) >= 11 is -0.165. The number of para-hydroxylation sites is 1. The molecule has 0 atom stereocenters. The van der Waals surface area contributed by atoms with E-state index in [1.807, 2.05) is 0 Å². The minimum Gasteiger partial charge on any atom is -0.506 e. The summed E-state index contributed by atoms with van der Waals surface area (Å²) in [5.41, 5.74) is 1.22. The number of alkyl halides is 3. The predicted octanol–water partition coefficient (Wildman–Crippen LogP) is 2.61. The lowest BCUT2D eigenvalue weighted by molar-refractivity contribution is -0.0329. The van der Waals surface area contributed by atoms with Gasteiger partial charge in [-0.3, -0.25) is 0 Å². The van der Waals surface area contributed by atoms with E-state index < -0.39 is 5.51 Å². The number of hydrogen-bond acceptors (Lipinski definition) is 4. The van der Waals surface area contributed by atoms with Gasteiger partial charge < -0.3 is 15.6 Å². The Morgan fingerprint density at radius 2 is 2.06 bits per heavy atom. The maximum absolute atomic E-state index is 11.8. The Morgan fingerprint density at radius 1 is 1.38 bits per heavy atom. The lowest BCUT2D eigenvalue weighted by Gasteiger charge is -2.10. The molecular weight excluding hydrogens is 243 g/mol. The van der Waals surface area contributed by atoms with Crippen molar-refractivity contribution in [3.63, 3.8) is 0 Å². The van der Waals surface area contributed by atoms with Gasteiger partial charge in [0.05, 0.1) is 6.61 Å². The van der Waals surface area contributed by atoms with Gasteiger partial charge in [-0.05, 0) is 23.9 Å². The lowest BCUT2D eigenvalue weighted by Crippen LogP contribution is -2.08. The lowest BCUT2D eigenvalue weighted by atomic mass is 10.3. The van der Waals surface area contributed by atoms with Crippen molar-refractivity contribution in [2.24, 2.45) is 0 Å². The van der Waals surface area contributed by atoms with Crippen molar-refractivity contribution in [1.82, 2.24) is 0 Å². The Kier molecular flexibility index (Phi) is 4.17. The normalized spacial score (nSPS) is 11.4. The Hall–Kier alpha value is -1.24. The van der Waals surface area contributed by atoms with Gasteiger partial charge in [-0.1, -0.05) is 6.07 Å². The van der Waals surface area contributed by atoms with E-state index in [0.717, 1.165) is 0 Å². The third-order valence-electron chi connectivity index (χ3n) is 1.65. The number of rotatable bonds is 4. The van der Waals surface area contributed by atoms with Crippen LogP contribution in [0.5, 0.6) is 11.5 Å². The van der Waals surface area contributed by atoms with Gasteiger partial charge >= 0.3 is 5.51 Å². The van der Waals surface area contributed by atoms with E-state index in [-0.39, 0.29) is 41.3 Å². The number of benzene rings is 1. The third-order valence-corrected chi connectivity index (χ3v) is 2.35. The average Bonchev–Trinajstić information content (AvgIpc) is 2.17. The van der Waals surface area contributed by atoms with E-state index in [2.05, 4.69) is 0 Å². The number of thioether (sulfide) groups is 1. The highest BCUT2D eigenvalue weighted by atomic mass is 32.2. The molecule has 0 aliphatic rings. The third kappa shape index (κ3) is 4.09. The number of aromatic hydroxyl groups is 1. The predicted molar refractivity (Wildman–Crippen MR) is 56.5 cm³/mol. The summed E-state index contributed by atoms with van der Waals surface area (Å²) in [5.74, 6) is -0.192. The zero-order chi connectivity index (χ0) is 12.2. The first-order valence-corrected chi connectivity index (χ1v) is 5.29. The number of hydrogen-bond donors (Lipinski definition) is 2. The summed E-state index contributed by atoms with van der Waals surface area (Å²) in [6, 6.07) is 4.35. The van der Waals surface area contributed by atoms with Crippen LogP contribution in [-0.2, 0) is 0 Å². The highest BCUT2D eigenvalue weighted by molar-refractivity contribution is 8.00. The number of nitrogens with two attached hydrogens (primary N) is 1. The molecule has 1 rings (SSSR count). The van der Waals surface area contributed by atoms with Crippen LogP contribution < -0.4 is 10.5 Å². The standard InChI is InChI=1S/C9H10F3NO2S/c10-9(11,12)16-5-4-15-7-3-1-2-6(14)8(7)13/h1-3,14H,4-5,13H2. The van der Waals surface area contributed by atoms with Gasteiger partial charge in [-0.25, -0.2) is 0 Å². The molecule has 0 aromatic heterocycles. The SMILES string of the molecule is Nc1c(O)cccc1OCCSC(F)(F)F. The van der Waals surface area contributed by atoms with Crippen molar-refractivity contribution in [2.45, 2.75) is 5.51 Å². The minimum absolute atomic E-state index is 0.0273. The Bertz CT molecular complexity index is 357. The van der Waals surface area contributed by atoms with E-state index in [9.17, 15) is 18.3 Å². The van der Waals surface area contributed by atoms with Crippen LogP contribution >= 0.6 is 11.8 Å². The van der Waals surface area contributed by atoms with Gasteiger partial charge in [0.15, 0.2) is 0 Å². The van der Waals surface area contributed by atoms with Crippen LogP contribution in [0.2, 0.25) is 0 Å². The van der Waals surface area contributed by atoms with Gasteiger partial charge in [0.2, 0.25) is 0 Å². The molecule has 1 aromatic carbocycles. The first-order chi connectivity index (χ1) is 7.40. The number of phenolic OH excluding ortho intramolecular Hbond substituents is 1. The first kappa shape index (κ1) is 12.8. The summed E-state index contributed by atoms with van der Waals surface area (Å²) in [6.45, 7) is -0.127. The molecule has 0 unspecified atom stereocenters. The largest absolute Gasteiger partial charge is 0.506 e. The molecule has 0 amide bonds. The van der Waals surface area contributed by atoms with Gasteiger partial charge in [0.1, 0.15) is 17.2 Å². The molecule has 7 heteroatoms. The topological polar surface area (TPSA) is 55.5 Å². The highest BCUT2D eigenvalue weighted by Gasteiger charge is 2.27. The second-order valence-corrected chi connectivity index (χ2v) is 3.99. The maximum Gasteiger partial charge on any atom is 0.441 e. The molecule has 0 radical (unpaired) electrons. The van der Waals surface area contributed by atoms with E-state index in [4.69, 9.17) is 10.5 Å². The van der Waals surface area contributed by atoms with Crippen molar-refractivity contribution in [1.29, 1.82) is 0 Å². The summed E-state index contributed by atoms with van der Waals surface area (Å²) < 4.78 is 40.3. The molecule has 90 valence electrons. The molecule has 0 saturated carbocycles. The van der Waals surface area contributed by atoms with E-state index in [1.165, 1.54) is 18.2 Å². The number of halogens is 3. The summed E-state index contributed by atoms with van der Waals surface area (Å²) in [7, 11) is 0. The minimum atomic E-state index is -4.26. The second-order valence-electron chi connectivity index (χ2n) is 2.83. The quantitative estimate of drug-likeness (QED) is 0.492. The fourth-order valence-electron chi connectivity index (χ4n) is 0.967.